The molecular weight excluding hydrogens is 460 g/mol. The fraction of sp³-hybridized carbons (Fsp3) is 0. The molecule has 3 heterocycles. The first kappa shape index (κ1) is 20.0. The van der Waals surface area contributed by atoms with Crippen LogP contribution in [-0.2, 0) is 0 Å². The van der Waals surface area contributed by atoms with Gasteiger partial charge in [-0.05, 0) is 52.2 Å². The number of benzene rings is 6. The Balaban J connectivity index is 1.58. The average Bonchev–Trinajstić information content (AvgIpc) is 3.45. The second-order valence-corrected chi connectivity index (χ2v) is 10.2. The van der Waals surface area contributed by atoms with Crippen molar-refractivity contribution in [3.63, 3.8) is 0 Å². The standard InChI is InChI=1S/C36H22N2/c1-2-10-23(11-3-1)25-13-8-14-26(22-25)37-32-21-20-24-12-9-17-28-27-15-4-6-18-30(27)38-31-19-7-5-16-29(31)35(37)36(38)34(32)33(24)28/h1-22H. The summed E-state index contributed by atoms with van der Waals surface area (Å²) in [6.45, 7) is 0. The summed E-state index contributed by atoms with van der Waals surface area (Å²) in [7, 11) is 0. The Morgan fingerprint density at radius 1 is 0.395 bits per heavy atom. The van der Waals surface area contributed by atoms with E-state index in [-0.39, 0.29) is 0 Å². The lowest BCUT2D eigenvalue weighted by Crippen LogP contribution is -1.94. The molecule has 2 heteroatoms. The minimum Gasteiger partial charge on any atom is -0.307 e. The quantitative estimate of drug-likeness (QED) is 0.232. The molecule has 0 aliphatic heterocycles. The molecule has 0 spiro atoms. The molecule has 0 N–H and O–H groups in total. The van der Waals surface area contributed by atoms with Crippen LogP contribution in [0.3, 0.4) is 0 Å². The first-order chi connectivity index (χ1) is 18.9. The molecule has 6 aromatic carbocycles. The zero-order valence-corrected chi connectivity index (χ0v) is 20.6. The van der Waals surface area contributed by atoms with Crippen molar-refractivity contribution in [1.82, 2.24) is 8.97 Å². The van der Waals surface area contributed by atoms with Crippen molar-refractivity contribution in [2.75, 3.05) is 0 Å². The molecule has 0 aliphatic carbocycles. The van der Waals surface area contributed by atoms with Crippen LogP contribution in [0.25, 0.3) is 76.7 Å². The van der Waals surface area contributed by atoms with Crippen molar-refractivity contribution in [2.24, 2.45) is 0 Å². The van der Waals surface area contributed by atoms with E-state index in [1.807, 2.05) is 0 Å². The van der Waals surface area contributed by atoms with Gasteiger partial charge >= 0.3 is 0 Å². The van der Waals surface area contributed by atoms with Crippen molar-refractivity contribution in [2.45, 2.75) is 0 Å². The maximum absolute atomic E-state index is 2.50. The average molecular weight is 483 g/mol. The maximum Gasteiger partial charge on any atom is 0.0810 e. The molecule has 0 unspecified atom stereocenters. The van der Waals surface area contributed by atoms with Gasteiger partial charge in [-0.25, -0.2) is 0 Å². The van der Waals surface area contributed by atoms with Crippen molar-refractivity contribution in [3.8, 4) is 16.8 Å². The Morgan fingerprint density at radius 3 is 1.95 bits per heavy atom. The lowest BCUT2D eigenvalue weighted by molar-refractivity contribution is 1.19. The van der Waals surface area contributed by atoms with Gasteiger partial charge in [0.1, 0.15) is 0 Å². The second kappa shape index (κ2) is 7.24. The predicted octanol–water partition coefficient (Wildman–Crippen LogP) is 9.60. The van der Waals surface area contributed by atoms with Crippen molar-refractivity contribution >= 4 is 59.9 Å². The molecule has 38 heavy (non-hydrogen) atoms. The summed E-state index contributed by atoms with van der Waals surface area (Å²) in [5, 5.41) is 7.79. The van der Waals surface area contributed by atoms with Crippen molar-refractivity contribution < 1.29 is 0 Å². The summed E-state index contributed by atoms with van der Waals surface area (Å²) >= 11 is 0. The van der Waals surface area contributed by atoms with Gasteiger partial charge < -0.3 is 8.97 Å². The zero-order valence-electron chi connectivity index (χ0n) is 20.6. The van der Waals surface area contributed by atoms with E-state index in [4.69, 9.17) is 0 Å². The molecule has 2 nitrogen and oxygen atoms in total. The summed E-state index contributed by atoms with van der Waals surface area (Å²) in [5.41, 5.74) is 9.90. The highest BCUT2D eigenvalue weighted by molar-refractivity contribution is 6.33. The third-order valence-corrected chi connectivity index (χ3v) is 8.22. The number of para-hydroxylation sites is 2. The van der Waals surface area contributed by atoms with Crippen LogP contribution < -0.4 is 0 Å². The van der Waals surface area contributed by atoms with E-state index in [2.05, 4.69) is 142 Å². The number of rotatable bonds is 2. The van der Waals surface area contributed by atoms with E-state index in [0.29, 0.717) is 0 Å². The fourth-order valence-electron chi connectivity index (χ4n) is 6.69. The Kier molecular flexibility index (Phi) is 3.82. The van der Waals surface area contributed by atoms with Crippen LogP contribution in [0.15, 0.2) is 133 Å². The van der Waals surface area contributed by atoms with Crippen LogP contribution in [0.4, 0.5) is 0 Å². The molecule has 0 atom stereocenters. The fourth-order valence-corrected chi connectivity index (χ4v) is 6.69. The van der Waals surface area contributed by atoms with Gasteiger partial charge in [-0.3, -0.25) is 0 Å². The van der Waals surface area contributed by atoms with E-state index in [1.165, 1.54) is 76.7 Å². The maximum atomic E-state index is 2.50. The van der Waals surface area contributed by atoms with Gasteiger partial charge in [-0.2, -0.15) is 0 Å². The van der Waals surface area contributed by atoms with Crippen LogP contribution >= 0.6 is 0 Å². The number of hydrogen-bond acceptors (Lipinski definition) is 0. The van der Waals surface area contributed by atoms with Crippen LogP contribution in [0, 0.1) is 0 Å². The van der Waals surface area contributed by atoms with Gasteiger partial charge in [0.15, 0.2) is 0 Å². The molecule has 0 radical (unpaired) electrons. The lowest BCUT2D eigenvalue weighted by Gasteiger charge is -2.11. The monoisotopic (exact) mass is 482 g/mol. The molecule has 0 fully saturated rings. The molecule has 0 aliphatic rings. The first-order valence-electron chi connectivity index (χ1n) is 13.1. The van der Waals surface area contributed by atoms with Crippen LogP contribution in [0.1, 0.15) is 0 Å². The van der Waals surface area contributed by atoms with E-state index >= 15 is 0 Å². The molecule has 0 amide bonds. The van der Waals surface area contributed by atoms with Crippen LogP contribution in [-0.4, -0.2) is 8.97 Å². The van der Waals surface area contributed by atoms with Gasteiger partial charge in [-0.1, -0.05) is 103 Å². The van der Waals surface area contributed by atoms with E-state index in [0.717, 1.165) is 0 Å². The molecule has 0 saturated heterocycles. The minimum atomic E-state index is 1.18. The number of aromatic nitrogens is 2. The highest BCUT2D eigenvalue weighted by atomic mass is 15.0. The summed E-state index contributed by atoms with van der Waals surface area (Å²) in [6.07, 6.45) is 0. The molecule has 3 aromatic heterocycles. The molecule has 0 saturated carbocycles. The second-order valence-electron chi connectivity index (χ2n) is 10.2. The summed E-state index contributed by atoms with van der Waals surface area (Å²) in [4.78, 5) is 0. The van der Waals surface area contributed by atoms with E-state index in [1.54, 1.807) is 0 Å². The van der Waals surface area contributed by atoms with Crippen LogP contribution in [0.2, 0.25) is 0 Å². The van der Waals surface area contributed by atoms with Crippen molar-refractivity contribution in [3.05, 3.63) is 133 Å². The smallest absolute Gasteiger partial charge is 0.0810 e. The number of fused-ring (bicyclic) bond motifs is 6. The summed E-state index contributed by atoms with van der Waals surface area (Å²) in [5.74, 6) is 0. The first-order valence-corrected chi connectivity index (χ1v) is 13.1. The Bertz CT molecular complexity index is 2330. The largest absolute Gasteiger partial charge is 0.307 e. The van der Waals surface area contributed by atoms with Crippen LogP contribution in [0.5, 0.6) is 0 Å². The Labute approximate surface area is 218 Å². The Hall–Kier alpha value is -5.08. The van der Waals surface area contributed by atoms with Gasteiger partial charge in [0.25, 0.3) is 0 Å². The third-order valence-electron chi connectivity index (χ3n) is 8.22. The molecular formula is C36H22N2. The highest BCUT2D eigenvalue weighted by Gasteiger charge is 2.24. The van der Waals surface area contributed by atoms with Gasteiger partial charge in [0, 0.05) is 27.2 Å². The van der Waals surface area contributed by atoms with Crippen molar-refractivity contribution in [1.29, 1.82) is 0 Å². The SMILES string of the molecule is c1ccc(-c2cccc(-n3c4ccc5cccc6c7ccccc7n7c8ccccc8c3c7c4c56)c2)cc1. The van der Waals surface area contributed by atoms with E-state index in [9.17, 15) is 0 Å². The van der Waals surface area contributed by atoms with Gasteiger partial charge in [-0.15, -0.1) is 0 Å². The van der Waals surface area contributed by atoms with Gasteiger partial charge in [0.05, 0.1) is 27.6 Å². The predicted molar refractivity (Wildman–Crippen MR) is 161 cm³/mol. The summed E-state index contributed by atoms with van der Waals surface area (Å²) in [6, 6.07) is 48.7. The topological polar surface area (TPSA) is 9.34 Å². The number of hydrogen-bond donors (Lipinski definition) is 0. The molecule has 0 bridgehead atoms. The lowest BCUT2D eigenvalue weighted by atomic mass is 10.0. The number of nitrogens with zero attached hydrogens (tertiary/aromatic N) is 2. The zero-order chi connectivity index (χ0) is 24.8. The highest BCUT2D eigenvalue weighted by Crippen LogP contribution is 2.45. The molecule has 176 valence electrons. The molecule has 9 aromatic rings. The minimum absolute atomic E-state index is 1.18. The van der Waals surface area contributed by atoms with Gasteiger partial charge in [0.2, 0.25) is 0 Å². The normalized spacial score (nSPS) is 12.2. The summed E-state index contributed by atoms with van der Waals surface area (Å²) < 4.78 is 4.99. The molecule has 9 rings (SSSR count). The third kappa shape index (κ3) is 2.47. The Morgan fingerprint density at radius 2 is 1.08 bits per heavy atom. The van der Waals surface area contributed by atoms with E-state index < -0.39 is 0 Å².